The molecule has 0 N–H and O–H groups in total. The first-order valence-corrected chi connectivity index (χ1v) is 6.86. The Balaban J connectivity index is 2.25. The van der Waals surface area contributed by atoms with Gasteiger partial charge in [-0.2, -0.15) is 5.10 Å². The fraction of sp³-hybridized carbons (Fsp3) is 0.643. The summed E-state index contributed by atoms with van der Waals surface area (Å²) < 4.78 is 11.0. The number of methoxy groups -OCH3 is 2. The van der Waals surface area contributed by atoms with Gasteiger partial charge in [0.1, 0.15) is 5.75 Å². The lowest BCUT2D eigenvalue weighted by Crippen LogP contribution is -2.33. The second kappa shape index (κ2) is 6.54. The van der Waals surface area contributed by atoms with E-state index in [-0.39, 0.29) is 5.56 Å². The molecule has 0 radical (unpaired) electrons. The maximum atomic E-state index is 12.0. The van der Waals surface area contributed by atoms with Crippen molar-refractivity contribution >= 4 is 5.97 Å². The van der Waals surface area contributed by atoms with Crippen molar-refractivity contribution in [1.29, 1.82) is 0 Å². The van der Waals surface area contributed by atoms with Crippen LogP contribution in [0.3, 0.4) is 0 Å². The van der Waals surface area contributed by atoms with E-state index in [0.717, 1.165) is 12.8 Å². The number of rotatable bonds is 5. The van der Waals surface area contributed by atoms with Gasteiger partial charge in [-0.3, -0.25) is 4.79 Å². The number of aromatic nitrogens is 2. The van der Waals surface area contributed by atoms with Gasteiger partial charge in [0.2, 0.25) is 0 Å². The second-order valence-corrected chi connectivity index (χ2v) is 5.10. The van der Waals surface area contributed by atoms with Gasteiger partial charge in [-0.1, -0.05) is 25.7 Å². The van der Waals surface area contributed by atoms with E-state index in [1.165, 1.54) is 44.0 Å². The average molecular weight is 280 g/mol. The Labute approximate surface area is 117 Å². The standard InChI is InChI=1S/C14H20N2O4/c1-19-11-8-13(17)16(15-9-11)12(14(18)20-2)7-10-5-3-4-6-10/h8-10,12H,3-7H2,1-2H3. The molecule has 6 heteroatoms. The van der Waals surface area contributed by atoms with E-state index in [1.807, 2.05) is 0 Å². The van der Waals surface area contributed by atoms with Gasteiger partial charge in [0.15, 0.2) is 6.04 Å². The highest BCUT2D eigenvalue weighted by Crippen LogP contribution is 2.31. The number of ether oxygens (including phenoxy) is 2. The Bertz CT molecular complexity index is 520. The van der Waals surface area contributed by atoms with E-state index in [0.29, 0.717) is 18.1 Å². The molecule has 6 nitrogen and oxygen atoms in total. The summed E-state index contributed by atoms with van der Waals surface area (Å²) >= 11 is 0. The molecule has 1 fully saturated rings. The van der Waals surface area contributed by atoms with E-state index in [2.05, 4.69) is 5.10 Å². The summed E-state index contributed by atoms with van der Waals surface area (Å²) in [7, 11) is 2.80. The number of hydrogen-bond donors (Lipinski definition) is 0. The molecule has 0 bridgehead atoms. The minimum atomic E-state index is -0.651. The zero-order valence-corrected chi connectivity index (χ0v) is 11.9. The lowest BCUT2D eigenvalue weighted by molar-refractivity contribution is -0.145. The Morgan fingerprint density at radius 2 is 2.15 bits per heavy atom. The molecule has 1 aliphatic rings. The third-order valence-electron chi connectivity index (χ3n) is 3.84. The molecule has 0 aliphatic heterocycles. The van der Waals surface area contributed by atoms with Gasteiger partial charge >= 0.3 is 5.97 Å². The monoisotopic (exact) mass is 280 g/mol. The Morgan fingerprint density at radius 1 is 1.45 bits per heavy atom. The SMILES string of the molecule is COC(=O)C(CC1CCCC1)n1ncc(OC)cc1=O. The molecule has 1 atom stereocenters. The third-order valence-corrected chi connectivity index (χ3v) is 3.84. The van der Waals surface area contributed by atoms with Crippen molar-refractivity contribution in [3.05, 3.63) is 22.6 Å². The fourth-order valence-electron chi connectivity index (χ4n) is 2.74. The normalized spacial score (nSPS) is 16.9. The zero-order valence-electron chi connectivity index (χ0n) is 11.9. The molecule has 0 spiro atoms. The van der Waals surface area contributed by atoms with Crippen molar-refractivity contribution in [2.45, 2.75) is 38.1 Å². The molecule has 1 heterocycles. The highest BCUT2D eigenvalue weighted by Gasteiger charge is 2.28. The lowest BCUT2D eigenvalue weighted by Gasteiger charge is -2.19. The van der Waals surface area contributed by atoms with Crippen LogP contribution in [0.15, 0.2) is 17.1 Å². The molecule has 0 saturated heterocycles. The van der Waals surface area contributed by atoms with E-state index < -0.39 is 12.0 Å². The molecule has 1 unspecified atom stereocenters. The van der Waals surface area contributed by atoms with E-state index in [1.54, 1.807) is 0 Å². The molecule has 110 valence electrons. The number of esters is 1. The molecule has 2 rings (SSSR count). The maximum absolute atomic E-state index is 12.0. The van der Waals surface area contributed by atoms with E-state index in [4.69, 9.17) is 9.47 Å². The van der Waals surface area contributed by atoms with Gasteiger partial charge in [0.25, 0.3) is 5.56 Å². The maximum Gasteiger partial charge on any atom is 0.330 e. The summed E-state index contributed by atoms with van der Waals surface area (Å²) in [5.41, 5.74) is -0.349. The van der Waals surface area contributed by atoms with Crippen LogP contribution in [-0.2, 0) is 9.53 Å². The van der Waals surface area contributed by atoms with Gasteiger partial charge in [-0.25, -0.2) is 9.48 Å². The topological polar surface area (TPSA) is 70.4 Å². The summed E-state index contributed by atoms with van der Waals surface area (Å²) in [5, 5.41) is 4.04. The molecular weight excluding hydrogens is 260 g/mol. The first-order valence-electron chi connectivity index (χ1n) is 6.86. The van der Waals surface area contributed by atoms with Crippen LogP contribution in [0, 0.1) is 5.92 Å². The second-order valence-electron chi connectivity index (χ2n) is 5.10. The summed E-state index contributed by atoms with van der Waals surface area (Å²) in [6.45, 7) is 0. The van der Waals surface area contributed by atoms with Crippen molar-refractivity contribution in [1.82, 2.24) is 9.78 Å². The van der Waals surface area contributed by atoms with Crippen LogP contribution in [0.25, 0.3) is 0 Å². The van der Waals surface area contributed by atoms with E-state index >= 15 is 0 Å². The highest BCUT2D eigenvalue weighted by atomic mass is 16.5. The molecule has 1 aromatic rings. The van der Waals surface area contributed by atoms with Crippen molar-refractivity contribution < 1.29 is 14.3 Å². The third kappa shape index (κ3) is 3.18. The van der Waals surface area contributed by atoms with Crippen LogP contribution in [0.1, 0.15) is 38.1 Å². The van der Waals surface area contributed by atoms with Crippen LogP contribution < -0.4 is 10.3 Å². The van der Waals surface area contributed by atoms with Crippen molar-refractivity contribution in [2.75, 3.05) is 14.2 Å². The van der Waals surface area contributed by atoms with Crippen molar-refractivity contribution in [2.24, 2.45) is 5.92 Å². The first kappa shape index (κ1) is 14.6. The smallest absolute Gasteiger partial charge is 0.330 e. The van der Waals surface area contributed by atoms with E-state index in [9.17, 15) is 9.59 Å². The van der Waals surface area contributed by atoms with Gasteiger partial charge in [0.05, 0.1) is 20.4 Å². The number of nitrogens with zero attached hydrogens (tertiary/aromatic N) is 2. The largest absolute Gasteiger partial charge is 0.495 e. The summed E-state index contributed by atoms with van der Waals surface area (Å²) in [4.78, 5) is 24.0. The van der Waals surface area contributed by atoms with Crippen LogP contribution in [0.5, 0.6) is 5.75 Å². The lowest BCUT2D eigenvalue weighted by atomic mass is 9.98. The molecule has 0 aromatic carbocycles. The molecule has 1 aromatic heterocycles. The minimum absolute atomic E-state index is 0.349. The molecule has 0 amide bonds. The van der Waals surface area contributed by atoms with Gasteiger partial charge in [0, 0.05) is 6.07 Å². The Morgan fingerprint density at radius 3 is 2.70 bits per heavy atom. The number of hydrogen-bond acceptors (Lipinski definition) is 5. The van der Waals surface area contributed by atoms with Crippen LogP contribution in [0.2, 0.25) is 0 Å². The summed E-state index contributed by atoms with van der Waals surface area (Å²) in [6.07, 6.45) is 6.60. The van der Waals surface area contributed by atoms with Gasteiger partial charge < -0.3 is 9.47 Å². The number of carbonyl (C=O) groups is 1. The molecular formula is C14H20N2O4. The van der Waals surface area contributed by atoms with Crippen molar-refractivity contribution in [3.8, 4) is 5.75 Å². The van der Waals surface area contributed by atoms with Gasteiger partial charge in [-0.05, 0) is 12.3 Å². The molecule has 1 saturated carbocycles. The average Bonchev–Trinajstić information content (AvgIpc) is 2.97. The summed E-state index contributed by atoms with van der Waals surface area (Å²) in [6, 6.07) is 0.680. The van der Waals surface area contributed by atoms with Crippen LogP contribution in [0.4, 0.5) is 0 Å². The Hall–Kier alpha value is -1.85. The quantitative estimate of drug-likeness (QED) is 0.765. The van der Waals surface area contributed by atoms with Crippen molar-refractivity contribution in [3.63, 3.8) is 0 Å². The number of carbonyl (C=O) groups excluding carboxylic acids is 1. The fourth-order valence-corrected chi connectivity index (χ4v) is 2.74. The molecule has 1 aliphatic carbocycles. The first-order chi connectivity index (χ1) is 9.65. The zero-order chi connectivity index (χ0) is 14.5. The van der Waals surface area contributed by atoms with Gasteiger partial charge in [-0.15, -0.1) is 0 Å². The predicted octanol–water partition coefficient (Wildman–Crippen LogP) is 1.55. The minimum Gasteiger partial charge on any atom is -0.495 e. The highest BCUT2D eigenvalue weighted by molar-refractivity contribution is 5.73. The van der Waals surface area contributed by atoms with Crippen LogP contribution >= 0.6 is 0 Å². The Kier molecular flexibility index (Phi) is 4.76. The summed E-state index contributed by atoms with van der Waals surface area (Å²) in [5.74, 6) is 0.419. The predicted molar refractivity (Wildman–Crippen MR) is 72.7 cm³/mol. The van der Waals surface area contributed by atoms with Crippen LogP contribution in [-0.4, -0.2) is 30.0 Å². The molecule has 20 heavy (non-hydrogen) atoms.